The largest absolute Gasteiger partial charge is 0.484 e. The summed E-state index contributed by atoms with van der Waals surface area (Å²) in [6.45, 7) is 14.0. The van der Waals surface area contributed by atoms with E-state index in [-0.39, 0.29) is 17.8 Å². The zero-order valence-corrected chi connectivity index (χ0v) is 31.0. The average Bonchev–Trinajstić information content (AvgIpc) is 3.33. The number of benzene rings is 3. The molecule has 1 aliphatic rings. The Kier molecular flexibility index (Phi) is 11.9. The van der Waals surface area contributed by atoms with E-state index in [1.165, 1.54) is 11.9 Å². The van der Waals surface area contributed by atoms with Gasteiger partial charge >= 0.3 is 12.2 Å². The second kappa shape index (κ2) is 15.8. The average molecular weight is 721 g/mol. The van der Waals surface area contributed by atoms with E-state index in [0.717, 1.165) is 28.5 Å². The number of anilines is 3. The molecule has 3 N–H and O–H groups in total. The van der Waals surface area contributed by atoms with Crippen molar-refractivity contribution in [2.75, 3.05) is 29.2 Å². The molecule has 3 aromatic carbocycles. The summed E-state index contributed by atoms with van der Waals surface area (Å²) in [6, 6.07) is 15.3. The molecule has 1 saturated heterocycles. The van der Waals surface area contributed by atoms with Gasteiger partial charge in [-0.3, -0.25) is 29.9 Å². The van der Waals surface area contributed by atoms with Gasteiger partial charge in [-0.1, -0.05) is 23.9 Å². The zero-order valence-electron chi connectivity index (χ0n) is 30.2. The number of carbonyl (C=O) groups excluding carboxylic acids is 5. The van der Waals surface area contributed by atoms with Crippen molar-refractivity contribution >= 4 is 58.1 Å². The molecular weight excluding hydrogens is 676 g/mol. The van der Waals surface area contributed by atoms with Crippen LogP contribution in [0.15, 0.2) is 54.6 Å². The fourth-order valence-electron chi connectivity index (χ4n) is 4.91. The Hall–Kier alpha value is -5.24. The van der Waals surface area contributed by atoms with Crippen molar-refractivity contribution < 1.29 is 42.9 Å². The van der Waals surface area contributed by atoms with E-state index in [1.54, 1.807) is 96.1 Å². The summed E-state index contributed by atoms with van der Waals surface area (Å²) in [5.41, 5.74) is 2.14. The van der Waals surface area contributed by atoms with Crippen LogP contribution in [0.2, 0.25) is 0 Å². The van der Waals surface area contributed by atoms with E-state index >= 15 is 0 Å². The molecule has 0 spiro atoms. The van der Waals surface area contributed by atoms with Crippen molar-refractivity contribution in [1.29, 1.82) is 0 Å². The number of carbonyl (C=O) groups is 5. The highest BCUT2D eigenvalue weighted by Gasteiger charge is 2.31. The van der Waals surface area contributed by atoms with Gasteiger partial charge in [0.15, 0.2) is 6.61 Å². The van der Waals surface area contributed by atoms with E-state index in [4.69, 9.17) is 18.9 Å². The molecule has 51 heavy (non-hydrogen) atoms. The molecule has 14 heteroatoms. The van der Waals surface area contributed by atoms with Gasteiger partial charge in [0.25, 0.3) is 11.1 Å². The van der Waals surface area contributed by atoms with Gasteiger partial charge in [-0.2, -0.15) is 0 Å². The topological polar surface area (TPSA) is 162 Å². The van der Waals surface area contributed by atoms with E-state index in [1.807, 2.05) is 13.8 Å². The molecule has 0 aromatic heterocycles. The minimum atomic E-state index is -0.768. The maximum absolute atomic E-state index is 13.1. The fraction of sp³-hybridized carbons (Fsp3) is 0.378. The first-order valence-electron chi connectivity index (χ1n) is 16.2. The third-order valence-corrected chi connectivity index (χ3v) is 8.10. The van der Waals surface area contributed by atoms with Crippen molar-refractivity contribution in [2.45, 2.75) is 78.3 Å². The summed E-state index contributed by atoms with van der Waals surface area (Å²) in [6.07, 6.45) is -0.830. The number of aryl methyl sites for hydroxylation is 2. The second-order valence-corrected chi connectivity index (χ2v) is 15.1. The number of ether oxygens (including phenoxy) is 4. The van der Waals surface area contributed by atoms with Crippen molar-refractivity contribution in [1.82, 2.24) is 5.32 Å². The normalized spacial score (nSPS) is 14.3. The number of thioether (sulfide) groups is 1. The van der Waals surface area contributed by atoms with Crippen molar-refractivity contribution in [3.8, 4) is 17.2 Å². The molecule has 1 heterocycles. The lowest BCUT2D eigenvalue weighted by atomic mass is 10.1. The standard InChI is InChI=1S/C37H44N4O9S/c1-21-16-26(17-22(2)31(21)39-33(44)49-36(3,4)5)48-25-14-15-27(28(19-25)41(9)35(46)50-37(6,7)8)38-30(42)20-47-24-12-10-23(11-13-24)18-29-32(43)40-34(45)51-29/h10-17,19,29H,18,20H2,1-9H3,(H,38,42)(H,39,44)(H,40,43,45). The Bertz CT molecular complexity index is 1790. The van der Waals surface area contributed by atoms with Crippen molar-refractivity contribution in [3.05, 3.63) is 71.3 Å². The molecule has 0 aliphatic carbocycles. The van der Waals surface area contributed by atoms with Crippen LogP contribution in [0.1, 0.15) is 58.2 Å². The zero-order chi connectivity index (χ0) is 37.7. The van der Waals surface area contributed by atoms with E-state index in [9.17, 15) is 24.0 Å². The number of hydrogen-bond acceptors (Lipinski definition) is 10. The molecule has 4 rings (SSSR count). The van der Waals surface area contributed by atoms with Crippen LogP contribution in [0.25, 0.3) is 0 Å². The fourth-order valence-corrected chi connectivity index (χ4v) is 5.77. The van der Waals surface area contributed by atoms with Crippen LogP contribution in [0.3, 0.4) is 0 Å². The van der Waals surface area contributed by atoms with E-state index in [2.05, 4.69) is 16.0 Å². The molecule has 272 valence electrons. The van der Waals surface area contributed by atoms with Crippen LogP contribution in [0.5, 0.6) is 17.2 Å². The smallest absolute Gasteiger partial charge is 0.414 e. The lowest BCUT2D eigenvalue weighted by Crippen LogP contribution is -2.34. The molecule has 0 radical (unpaired) electrons. The predicted molar refractivity (Wildman–Crippen MR) is 196 cm³/mol. The number of rotatable bonds is 10. The summed E-state index contributed by atoms with van der Waals surface area (Å²) >= 11 is 0.960. The van der Waals surface area contributed by atoms with Gasteiger partial charge < -0.3 is 24.3 Å². The molecule has 0 bridgehead atoms. The Morgan fingerprint density at radius 3 is 2.00 bits per heavy atom. The van der Waals surface area contributed by atoms with Crippen molar-refractivity contribution in [2.24, 2.45) is 0 Å². The molecule has 1 atom stereocenters. The predicted octanol–water partition coefficient (Wildman–Crippen LogP) is 7.73. The SMILES string of the molecule is Cc1cc(Oc2ccc(NC(=O)COc3ccc(CC4SC(=O)NC4=O)cc3)c(N(C)C(=O)OC(C)(C)C)c2)cc(C)c1NC(=O)OC(C)(C)C. The maximum Gasteiger partial charge on any atom is 0.414 e. The molecule has 5 amide bonds. The lowest BCUT2D eigenvalue weighted by molar-refractivity contribution is -0.119. The van der Waals surface area contributed by atoms with E-state index in [0.29, 0.717) is 40.7 Å². The third-order valence-electron chi connectivity index (χ3n) is 7.12. The molecular formula is C37H44N4O9S. The molecule has 0 saturated carbocycles. The first-order valence-corrected chi connectivity index (χ1v) is 17.1. The molecule has 13 nitrogen and oxygen atoms in total. The number of imide groups is 1. The summed E-state index contributed by atoms with van der Waals surface area (Å²) in [5, 5.41) is 7.03. The summed E-state index contributed by atoms with van der Waals surface area (Å²) in [7, 11) is 1.52. The van der Waals surface area contributed by atoms with Gasteiger partial charge in [-0.15, -0.1) is 0 Å². The molecule has 1 unspecified atom stereocenters. The Balaban J connectivity index is 1.47. The van der Waals surface area contributed by atoms with Gasteiger partial charge in [0, 0.05) is 13.1 Å². The van der Waals surface area contributed by atoms with Crippen LogP contribution < -0.4 is 30.3 Å². The molecule has 3 aromatic rings. The highest BCUT2D eigenvalue weighted by atomic mass is 32.2. The Labute approximate surface area is 301 Å². The van der Waals surface area contributed by atoms with Gasteiger partial charge in [0.2, 0.25) is 5.91 Å². The third kappa shape index (κ3) is 11.4. The minimum absolute atomic E-state index is 0.309. The molecule has 1 fully saturated rings. The van der Waals surface area contributed by atoms with Crippen LogP contribution in [0, 0.1) is 13.8 Å². The lowest BCUT2D eigenvalue weighted by Gasteiger charge is -2.26. The van der Waals surface area contributed by atoms with E-state index < -0.39 is 34.5 Å². The van der Waals surface area contributed by atoms with Gasteiger partial charge in [-0.25, -0.2) is 9.59 Å². The summed E-state index contributed by atoms with van der Waals surface area (Å²) in [5.74, 6) is 0.497. The second-order valence-electron chi connectivity index (χ2n) is 13.9. The minimum Gasteiger partial charge on any atom is -0.484 e. The van der Waals surface area contributed by atoms with Gasteiger partial charge in [0.1, 0.15) is 28.5 Å². The maximum atomic E-state index is 13.1. The highest BCUT2D eigenvalue weighted by molar-refractivity contribution is 8.15. The number of hydrogen-bond donors (Lipinski definition) is 3. The summed E-state index contributed by atoms with van der Waals surface area (Å²) in [4.78, 5) is 63.1. The van der Waals surface area contributed by atoms with Crippen LogP contribution >= 0.6 is 11.8 Å². The monoisotopic (exact) mass is 720 g/mol. The van der Waals surface area contributed by atoms with Crippen LogP contribution in [0.4, 0.5) is 31.4 Å². The first kappa shape index (κ1) is 38.6. The van der Waals surface area contributed by atoms with Crippen LogP contribution in [-0.4, -0.2) is 59.3 Å². The Morgan fingerprint density at radius 1 is 0.824 bits per heavy atom. The van der Waals surface area contributed by atoms with Crippen molar-refractivity contribution in [3.63, 3.8) is 0 Å². The number of amides is 5. The van der Waals surface area contributed by atoms with Gasteiger partial charge in [0.05, 0.1) is 22.3 Å². The number of nitrogens with one attached hydrogen (secondary N) is 3. The number of nitrogens with zero attached hydrogens (tertiary/aromatic N) is 1. The highest BCUT2D eigenvalue weighted by Crippen LogP contribution is 2.35. The Morgan fingerprint density at radius 2 is 1.43 bits per heavy atom. The quantitative estimate of drug-likeness (QED) is 0.189. The molecule has 1 aliphatic heterocycles. The first-order chi connectivity index (χ1) is 23.8. The van der Waals surface area contributed by atoms with Crippen LogP contribution in [-0.2, 0) is 25.5 Å². The van der Waals surface area contributed by atoms with Gasteiger partial charge in [-0.05, 0) is 115 Å². The summed E-state index contributed by atoms with van der Waals surface area (Å²) < 4.78 is 22.8.